The van der Waals surface area contributed by atoms with Gasteiger partial charge in [0.05, 0.1) is 6.04 Å². The molecule has 4 atom stereocenters. The zero-order chi connectivity index (χ0) is 13.1. The van der Waals surface area contributed by atoms with Crippen molar-refractivity contribution in [2.75, 3.05) is 0 Å². The highest BCUT2D eigenvalue weighted by atomic mass is 32.1. The number of hydrogen-bond acceptors (Lipinski definition) is 3. The van der Waals surface area contributed by atoms with Gasteiger partial charge in [0.1, 0.15) is 0 Å². The van der Waals surface area contributed by atoms with Gasteiger partial charge in [-0.2, -0.15) is 0 Å². The first-order valence-corrected chi connectivity index (χ1v) is 9.50. The molecule has 1 N–H and O–H groups in total. The summed E-state index contributed by atoms with van der Waals surface area (Å²) in [6.45, 7) is 0. The van der Waals surface area contributed by atoms with Gasteiger partial charge in [-0.15, -0.1) is 22.7 Å². The Morgan fingerprint density at radius 2 is 1.55 bits per heavy atom. The van der Waals surface area contributed by atoms with Gasteiger partial charge in [0, 0.05) is 15.8 Å². The van der Waals surface area contributed by atoms with Gasteiger partial charge in [-0.1, -0.05) is 12.1 Å². The van der Waals surface area contributed by atoms with Gasteiger partial charge in [-0.05, 0) is 65.8 Å². The third kappa shape index (κ3) is 1.69. The van der Waals surface area contributed by atoms with Crippen molar-refractivity contribution in [2.24, 2.45) is 23.7 Å². The van der Waals surface area contributed by atoms with Crippen LogP contribution in [0.2, 0.25) is 0 Å². The van der Waals surface area contributed by atoms with Crippen molar-refractivity contribution >= 4 is 22.7 Å². The fraction of sp³-hybridized carbons (Fsp3) is 0.529. The van der Waals surface area contributed by atoms with Crippen molar-refractivity contribution in [3.05, 3.63) is 44.8 Å². The van der Waals surface area contributed by atoms with E-state index in [-0.39, 0.29) is 0 Å². The predicted octanol–water partition coefficient (Wildman–Crippen LogP) is 4.53. The molecule has 20 heavy (non-hydrogen) atoms. The number of rotatable bonds is 4. The Labute approximate surface area is 128 Å². The lowest BCUT2D eigenvalue weighted by atomic mass is 10.0. The molecule has 4 unspecified atom stereocenters. The van der Waals surface area contributed by atoms with Crippen molar-refractivity contribution in [1.29, 1.82) is 0 Å². The van der Waals surface area contributed by atoms with Crippen LogP contribution in [0.3, 0.4) is 0 Å². The van der Waals surface area contributed by atoms with E-state index in [2.05, 4.69) is 40.3 Å². The monoisotopic (exact) mass is 301 g/mol. The molecule has 0 aliphatic heterocycles. The topological polar surface area (TPSA) is 12.0 Å². The second-order valence-electron chi connectivity index (χ2n) is 6.64. The molecule has 0 aromatic carbocycles. The van der Waals surface area contributed by atoms with Crippen molar-refractivity contribution < 1.29 is 0 Å². The summed E-state index contributed by atoms with van der Waals surface area (Å²) in [6, 6.07) is 10.2. The number of hydrogen-bond donors (Lipinski definition) is 1. The van der Waals surface area contributed by atoms with Crippen LogP contribution < -0.4 is 5.32 Å². The zero-order valence-electron chi connectivity index (χ0n) is 11.4. The van der Waals surface area contributed by atoms with Crippen molar-refractivity contribution in [3.63, 3.8) is 0 Å². The standard InChI is InChI=1S/C17H19NS2/c1-3-12(19-7-1)16(13-4-2-8-20-13)18-17-14-10-5-6-11(9-10)15(14)17/h1-4,7-8,10-11,14-18H,5-6,9H2. The lowest BCUT2D eigenvalue weighted by molar-refractivity contribution is 0.446. The van der Waals surface area contributed by atoms with Gasteiger partial charge in [0.2, 0.25) is 0 Å². The minimum absolute atomic E-state index is 0.435. The van der Waals surface area contributed by atoms with Crippen LogP contribution in [0.25, 0.3) is 0 Å². The second kappa shape index (κ2) is 4.43. The van der Waals surface area contributed by atoms with Crippen molar-refractivity contribution in [1.82, 2.24) is 5.32 Å². The van der Waals surface area contributed by atoms with E-state index in [0.29, 0.717) is 6.04 Å². The Balaban J connectivity index is 1.40. The van der Waals surface area contributed by atoms with E-state index in [0.717, 1.165) is 29.7 Å². The van der Waals surface area contributed by atoms with Crippen LogP contribution in [0, 0.1) is 23.7 Å². The Hall–Kier alpha value is -0.640. The van der Waals surface area contributed by atoms with Crippen LogP contribution in [-0.2, 0) is 0 Å². The van der Waals surface area contributed by atoms with Gasteiger partial charge in [0.25, 0.3) is 0 Å². The van der Waals surface area contributed by atoms with Crippen molar-refractivity contribution in [3.8, 4) is 0 Å². The fourth-order valence-electron chi connectivity index (χ4n) is 4.96. The Morgan fingerprint density at radius 1 is 0.950 bits per heavy atom. The van der Waals surface area contributed by atoms with Gasteiger partial charge < -0.3 is 5.32 Å². The van der Waals surface area contributed by atoms with E-state index < -0.39 is 0 Å². The molecule has 0 amide bonds. The number of fused-ring (bicyclic) bond motifs is 5. The highest BCUT2D eigenvalue weighted by Crippen LogP contribution is 2.66. The van der Waals surface area contributed by atoms with Crippen LogP contribution in [-0.4, -0.2) is 6.04 Å². The predicted molar refractivity (Wildman–Crippen MR) is 85.2 cm³/mol. The maximum Gasteiger partial charge on any atom is 0.0767 e. The minimum atomic E-state index is 0.435. The SMILES string of the molecule is c1csc(C(NC2C3C4CCC(C4)C23)c2cccs2)c1. The average Bonchev–Trinajstić information content (AvgIpc) is 3.09. The first-order chi connectivity index (χ1) is 9.92. The summed E-state index contributed by atoms with van der Waals surface area (Å²) in [5.74, 6) is 4.12. The first-order valence-electron chi connectivity index (χ1n) is 7.74. The molecule has 5 rings (SSSR count). The quantitative estimate of drug-likeness (QED) is 0.874. The van der Waals surface area contributed by atoms with Gasteiger partial charge in [-0.25, -0.2) is 0 Å². The van der Waals surface area contributed by atoms with Crippen LogP contribution in [0.4, 0.5) is 0 Å². The molecule has 2 aromatic rings. The summed E-state index contributed by atoms with van der Waals surface area (Å²) in [4.78, 5) is 2.95. The third-order valence-corrected chi connectivity index (χ3v) is 7.62. The smallest absolute Gasteiger partial charge is 0.0767 e. The molecule has 1 nitrogen and oxygen atoms in total. The van der Waals surface area contributed by atoms with Crippen LogP contribution >= 0.6 is 22.7 Å². The summed E-state index contributed by atoms with van der Waals surface area (Å²) in [7, 11) is 0. The van der Waals surface area contributed by atoms with Gasteiger partial charge >= 0.3 is 0 Å². The number of thiophene rings is 2. The molecule has 3 heteroatoms. The molecule has 0 spiro atoms. The molecule has 2 aromatic heterocycles. The summed E-state index contributed by atoms with van der Waals surface area (Å²) in [5, 5.41) is 8.43. The molecule has 2 heterocycles. The molecule has 104 valence electrons. The first kappa shape index (κ1) is 12.0. The van der Waals surface area contributed by atoms with E-state index >= 15 is 0 Å². The Kier molecular flexibility index (Phi) is 2.65. The molecule has 3 fully saturated rings. The van der Waals surface area contributed by atoms with Crippen molar-refractivity contribution in [2.45, 2.75) is 31.3 Å². The number of nitrogens with one attached hydrogen (secondary N) is 1. The largest absolute Gasteiger partial charge is 0.302 e. The minimum Gasteiger partial charge on any atom is -0.302 e. The highest BCUT2D eigenvalue weighted by Gasteiger charge is 2.65. The van der Waals surface area contributed by atoms with E-state index in [1.807, 2.05) is 22.7 Å². The van der Waals surface area contributed by atoms with Gasteiger partial charge in [0.15, 0.2) is 0 Å². The molecular weight excluding hydrogens is 282 g/mol. The lowest BCUT2D eigenvalue weighted by Gasteiger charge is -2.19. The Morgan fingerprint density at radius 3 is 2.05 bits per heavy atom. The molecule has 3 saturated carbocycles. The molecule has 0 radical (unpaired) electrons. The normalized spacial score (nSPS) is 37.5. The molecular formula is C17H19NS2. The van der Waals surface area contributed by atoms with Crippen LogP contribution in [0.15, 0.2) is 35.0 Å². The summed E-state index contributed by atoms with van der Waals surface area (Å²) in [6.07, 6.45) is 4.55. The van der Waals surface area contributed by atoms with E-state index in [9.17, 15) is 0 Å². The second-order valence-corrected chi connectivity index (χ2v) is 8.60. The molecule has 2 bridgehead atoms. The Bertz CT molecular complexity index is 538. The van der Waals surface area contributed by atoms with Crippen LogP contribution in [0.1, 0.15) is 35.1 Å². The van der Waals surface area contributed by atoms with E-state index in [4.69, 9.17) is 0 Å². The summed E-state index contributed by atoms with van der Waals surface area (Å²) >= 11 is 3.78. The van der Waals surface area contributed by atoms with E-state index in [1.165, 1.54) is 29.0 Å². The molecule has 0 saturated heterocycles. The van der Waals surface area contributed by atoms with Crippen LogP contribution in [0.5, 0.6) is 0 Å². The third-order valence-electron chi connectivity index (χ3n) is 5.75. The average molecular weight is 301 g/mol. The zero-order valence-corrected chi connectivity index (χ0v) is 13.0. The van der Waals surface area contributed by atoms with Gasteiger partial charge in [-0.3, -0.25) is 0 Å². The summed E-state index contributed by atoms with van der Waals surface area (Å²) in [5.41, 5.74) is 0. The molecule has 3 aliphatic rings. The highest BCUT2D eigenvalue weighted by molar-refractivity contribution is 7.11. The lowest BCUT2D eigenvalue weighted by Crippen LogP contribution is -2.27. The molecule has 3 aliphatic carbocycles. The summed E-state index contributed by atoms with van der Waals surface area (Å²) < 4.78 is 0. The van der Waals surface area contributed by atoms with E-state index in [1.54, 1.807) is 0 Å². The maximum absolute atomic E-state index is 4.02. The maximum atomic E-state index is 4.02. The fourth-order valence-corrected chi connectivity index (χ4v) is 6.64.